The Labute approximate surface area is 102 Å². The molecule has 1 aromatic carbocycles. The van der Waals surface area contributed by atoms with Gasteiger partial charge in [0.25, 0.3) is 0 Å². The lowest BCUT2D eigenvalue weighted by Gasteiger charge is -2.39. The summed E-state index contributed by atoms with van der Waals surface area (Å²) in [5, 5.41) is 2.96. The van der Waals surface area contributed by atoms with Crippen molar-refractivity contribution >= 4 is 17.3 Å². The topological polar surface area (TPSA) is 58.4 Å². The number of nitrogens with one attached hydrogen (secondary N) is 1. The van der Waals surface area contributed by atoms with E-state index < -0.39 is 0 Å². The molecule has 0 spiro atoms. The molecule has 0 aromatic heterocycles. The van der Waals surface area contributed by atoms with Gasteiger partial charge in [0, 0.05) is 13.1 Å². The molecule has 1 aliphatic rings. The summed E-state index contributed by atoms with van der Waals surface area (Å²) in [6.45, 7) is 5.36. The van der Waals surface area contributed by atoms with Gasteiger partial charge in [0.05, 0.1) is 11.4 Å². The molecular weight excluding hydrogens is 214 g/mol. The Morgan fingerprint density at radius 3 is 2.76 bits per heavy atom. The summed E-state index contributed by atoms with van der Waals surface area (Å²) in [6, 6.07) is 7.73. The van der Waals surface area contributed by atoms with Crippen LogP contribution < -0.4 is 16.0 Å². The Morgan fingerprint density at radius 1 is 1.41 bits per heavy atom. The third-order valence-corrected chi connectivity index (χ3v) is 3.08. The van der Waals surface area contributed by atoms with E-state index in [9.17, 15) is 4.79 Å². The second-order valence-electron chi connectivity index (χ2n) is 4.68. The zero-order chi connectivity index (χ0) is 12.4. The maximum Gasteiger partial charge on any atom is 0.247 e. The molecule has 3 N–H and O–H groups in total. The molecular formula is C13H19N3O. The van der Waals surface area contributed by atoms with E-state index in [0.29, 0.717) is 13.1 Å². The van der Waals surface area contributed by atoms with Crippen LogP contribution in [0.1, 0.15) is 13.8 Å². The second-order valence-corrected chi connectivity index (χ2v) is 4.68. The normalized spacial score (nSPS) is 19.2. The Hall–Kier alpha value is -1.55. The van der Waals surface area contributed by atoms with E-state index in [1.807, 2.05) is 24.3 Å². The van der Waals surface area contributed by atoms with E-state index in [4.69, 9.17) is 5.73 Å². The molecule has 2 rings (SSSR count). The molecule has 1 aromatic rings. The average molecular weight is 233 g/mol. The first kappa shape index (κ1) is 11.9. The van der Waals surface area contributed by atoms with E-state index >= 15 is 0 Å². The molecule has 1 heterocycles. The van der Waals surface area contributed by atoms with Gasteiger partial charge in [0.2, 0.25) is 5.91 Å². The number of rotatable bonds is 3. The number of fused-ring (bicyclic) bond motifs is 1. The predicted molar refractivity (Wildman–Crippen MR) is 70.1 cm³/mol. The zero-order valence-corrected chi connectivity index (χ0v) is 10.3. The third-order valence-electron chi connectivity index (χ3n) is 3.08. The van der Waals surface area contributed by atoms with Crippen molar-refractivity contribution in [1.29, 1.82) is 0 Å². The van der Waals surface area contributed by atoms with Gasteiger partial charge in [-0.1, -0.05) is 26.0 Å². The number of benzene rings is 1. The van der Waals surface area contributed by atoms with Crippen LogP contribution in [-0.2, 0) is 4.79 Å². The van der Waals surface area contributed by atoms with Crippen LogP contribution in [0.25, 0.3) is 0 Å². The summed E-state index contributed by atoms with van der Waals surface area (Å²) < 4.78 is 0. The SMILES string of the molecule is CC(C)C1C(=O)Nc2ccccc2N1CCN. The van der Waals surface area contributed by atoms with Gasteiger partial charge < -0.3 is 16.0 Å². The first-order chi connectivity index (χ1) is 8.15. The lowest BCUT2D eigenvalue weighted by molar-refractivity contribution is -0.118. The smallest absolute Gasteiger partial charge is 0.247 e. The van der Waals surface area contributed by atoms with Gasteiger partial charge in [-0.2, -0.15) is 0 Å². The van der Waals surface area contributed by atoms with Crippen LogP contribution >= 0.6 is 0 Å². The van der Waals surface area contributed by atoms with E-state index in [-0.39, 0.29) is 17.9 Å². The fourth-order valence-electron chi connectivity index (χ4n) is 2.39. The largest absolute Gasteiger partial charge is 0.356 e. The van der Waals surface area contributed by atoms with Crippen LogP contribution in [0, 0.1) is 5.92 Å². The van der Waals surface area contributed by atoms with Gasteiger partial charge in [-0.3, -0.25) is 4.79 Å². The molecule has 0 saturated carbocycles. The Balaban J connectivity index is 2.42. The van der Waals surface area contributed by atoms with Crippen molar-refractivity contribution in [3.05, 3.63) is 24.3 Å². The van der Waals surface area contributed by atoms with Crippen LogP contribution in [0.3, 0.4) is 0 Å². The maximum atomic E-state index is 12.1. The van der Waals surface area contributed by atoms with E-state index in [0.717, 1.165) is 11.4 Å². The highest BCUT2D eigenvalue weighted by Gasteiger charge is 2.34. The molecule has 1 amide bonds. The predicted octanol–water partition coefficient (Wildman–Crippen LogP) is 1.43. The van der Waals surface area contributed by atoms with Crippen molar-refractivity contribution in [2.24, 2.45) is 11.7 Å². The molecule has 4 nitrogen and oxygen atoms in total. The summed E-state index contributed by atoms with van der Waals surface area (Å²) in [7, 11) is 0. The minimum Gasteiger partial charge on any atom is -0.356 e. The minimum absolute atomic E-state index is 0.0622. The van der Waals surface area contributed by atoms with Gasteiger partial charge >= 0.3 is 0 Å². The standard InChI is InChI=1S/C13H19N3O/c1-9(2)12-13(17)15-10-5-3-4-6-11(10)16(12)8-7-14/h3-6,9,12H,7-8,14H2,1-2H3,(H,15,17). The number of carbonyl (C=O) groups is 1. The number of nitrogens with zero attached hydrogens (tertiary/aromatic N) is 1. The average Bonchev–Trinajstić information content (AvgIpc) is 2.28. The summed E-state index contributed by atoms with van der Waals surface area (Å²) >= 11 is 0. The first-order valence-electron chi connectivity index (χ1n) is 6.01. The summed E-state index contributed by atoms with van der Waals surface area (Å²) in [5.74, 6) is 0.321. The molecule has 92 valence electrons. The lowest BCUT2D eigenvalue weighted by Crippen LogP contribution is -2.52. The first-order valence-corrected chi connectivity index (χ1v) is 6.01. The van der Waals surface area contributed by atoms with Crippen LogP contribution in [0.2, 0.25) is 0 Å². The fourth-order valence-corrected chi connectivity index (χ4v) is 2.39. The van der Waals surface area contributed by atoms with Gasteiger partial charge in [-0.25, -0.2) is 0 Å². The van der Waals surface area contributed by atoms with Gasteiger partial charge in [0.15, 0.2) is 0 Å². The number of nitrogens with two attached hydrogens (primary N) is 1. The molecule has 1 unspecified atom stereocenters. The second kappa shape index (κ2) is 4.75. The maximum absolute atomic E-state index is 12.1. The van der Waals surface area contributed by atoms with Crippen molar-refractivity contribution in [2.45, 2.75) is 19.9 Å². The quantitative estimate of drug-likeness (QED) is 0.830. The van der Waals surface area contributed by atoms with E-state index in [1.54, 1.807) is 0 Å². The van der Waals surface area contributed by atoms with Crippen LogP contribution in [-0.4, -0.2) is 25.0 Å². The third kappa shape index (κ3) is 2.13. The molecule has 0 aliphatic carbocycles. The number of hydrogen-bond acceptors (Lipinski definition) is 3. The van der Waals surface area contributed by atoms with Crippen molar-refractivity contribution in [2.75, 3.05) is 23.3 Å². The Kier molecular flexibility index (Phi) is 3.33. The van der Waals surface area contributed by atoms with Crippen LogP contribution in [0.5, 0.6) is 0 Å². The van der Waals surface area contributed by atoms with Gasteiger partial charge in [-0.15, -0.1) is 0 Å². The molecule has 0 saturated heterocycles. The number of hydrogen-bond donors (Lipinski definition) is 2. The highest BCUT2D eigenvalue weighted by molar-refractivity contribution is 6.03. The van der Waals surface area contributed by atoms with Crippen molar-refractivity contribution in [1.82, 2.24) is 0 Å². The molecule has 1 atom stereocenters. The van der Waals surface area contributed by atoms with Gasteiger partial charge in [-0.05, 0) is 18.1 Å². The molecule has 4 heteroatoms. The molecule has 1 aliphatic heterocycles. The monoisotopic (exact) mass is 233 g/mol. The lowest BCUT2D eigenvalue weighted by atomic mass is 9.97. The molecule has 17 heavy (non-hydrogen) atoms. The van der Waals surface area contributed by atoms with Crippen LogP contribution in [0.4, 0.5) is 11.4 Å². The van der Waals surface area contributed by atoms with Gasteiger partial charge in [0.1, 0.15) is 6.04 Å². The summed E-state index contributed by atoms with van der Waals surface area (Å²) in [6.07, 6.45) is 0. The highest BCUT2D eigenvalue weighted by atomic mass is 16.2. The number of para-hydroxylation sites is 2. The summed E-state index contributed by atoms with van der Waals surface area (Å²) in [5.41, 5.74) is 7.59. The number of amides is 1. The zero-order valence-electron chi connectivity index (χ0n) is 10.3. The van der Waals surface area contributed by atoms with E-state index in [1.165, 1.54) is 0 Å². The molecule has 0 radical (unpaired) electrons. The molecule has 0 bridgehead atoms. The minimum atomic E-state index is -0.131. The van der Waals surface area contributed by atoms with Crippen molar-refractivity contribution in [3.8, 4) is 0 Å². The van der Waals surface area contributed by atoms with Crippen molar-refractivity contribution < 1.29 is 4.79 Å². The van der Waals surface area contributed by atoms with Crippen LogP contribution in [0.15, 0.2) is 24.3 Å². The van der Waals surface area contributed by atoms with E-state index in [2.05, 4.69) is 24.1 Å². The Bertz CT molecular complexity index is 417. The Morgan fingerprint density at radius 2 is 2.12 bits per heavy atom. The summed E-state index contributed by atoms with van der Waals surface area (Å²) in [4.78, 5) is 14.2. The number of anilines is 2. The number of carbonyl (C=O) groups excluding carboxylic acids is 1. The highest BCUT2D eigenvalue weighted by Crippen LogP contribution is 2.33. The van der Waals surface area contributed by atoms with Crippen molar-refractivity contribution in [3.63, 3.8) is 0 Å². The molecule has 0 fully saturated rings. The fraction of sp³-hybridized carbons (Fsp3) is 0.462.